The summed E-state index contributed by atoms with van der Waals surface area (Å²) in [6, 6.07) is 6.01. The average Bonchev–Trinajstić information content (AvgIpc) is 2.70. The third-order valence-electron chi connectivity index (χ3n) is 2.70. The van der Waals surface area contributed by atoms with Crippen molar-refractivity contribution in [1.29, 1.82) is 5.26 Å². The van der Waals surface area contributed by atoms with Gasteiger partial charge in [0.05, 0.1) is 0 Å². The van der Waals surface area contributed by atoms with E-state index in [4.69, 9.17) is 5.26 Å². The van der Waals surface area contributed by atoms with Crippen LogP contribution in [0.4, 0.5) is 0 Å². The summed E-state index contributed by atoms with van der Waals surface area (Å²) in [5.74, 6) is 0. The van der Waals surface area contributed by atoms with Crippen molar-refractivity contribution in [3.05, 3.63) is 24.0 Å². The van der Waals surface area contributed by atoms with E-state index < -0.39 is 0 Å². The van der Waals surface area contributed by atoms with Crippen LogP contribution in [0.25, 0.3) is 0 Å². The summed E-state index contributed by atoms with van der Waals surface area (Å²) in [6.07, 6.45) is 9.80. The molecule has 0 fully saturated rings. The first kappa shape index (κ1) is 11.8. The Bertz CT molecular complexity index is 307. The zero-order valence-corrected chi connectivity index (χ0v) is 9.58. The predicted octanol–water partition coefficient (Wildman–Crippen LogP) is 3.72. The fourth-order valence-corrected chi connectivity index (χ4v) is 1.77. The Morgan fingerprint density at radius 3 is 2.67 bits per heavy atom. The topological polar surface area (TPSA) is 28.7 Å². The van der Waals surface area contributed by atoms with Crippen LogP contribution < -0.4 is 0 Å². The van der Waals surface area contributed by atoms with E-state index in [1.165, 1.54) is 38.5 Å². The lowest BCUT2D eigenvalue weighted by atomic mass is 10.1. The second kappa shape index (κ2) is 7.11. The van der Waals surface area contributed by atoms with Crippen LogP contribution in [0.1, 0.15) is 51.1 Å². The number of nitrogens with zero attached hydrogens (tertiary/aromatic N) is 2. The van der Waals surface area contributed by atoms with Gasteiger partial charge in [0.1, 0.15) is 11.8 Å². The molecule has 1 aromatic heterocycles. The molecule has 1 heterocycles. The van der Waals surface area contributed by atoms with Crippen molar-refractivity contribution < 1.29 is 0 Å². The molecule has 1 aromatic rings. The highest BCUT2D eigenvalue weighted by Gasteiger charge is 1.98. The standard InChI is InChI=1S/C13H20N2/c1-2-3-4-5-6-7-10-15-11-8-9-13(15)12-14/h8-9,11H,2-7,10H2,1H3. The molecule has 0 atom stereocenters. The first-order chi connectivity index (χ1) is 7.38. The average molecular weight is 204 g/mol. The molecule has 0 aromatic carbocycles. The number of aromatic nitrogens is 1. The van der Waals surface area contributed by atoms with E-state index in [1.54, 1.807) is 0 Å². The van der Waals surface area contributed by atoms with Gasteiger partial charge in [0, 0.05) is 12.7 Å². The summed E-state index contributed by atoms with van der Waals surface area (Å²) in [5.41, 5.74) is 0.781. The van der Waals surface area contributed by atoms with Crippen LogP contribution >= 0.6 is 0 Å². The second-order valence-corrected chi connectivity index (χ2v) is 3.97. The molecule has 0 aliphatic carbocycles. The highest BCUT2D eigenvalue weighted by molar-refractivity contribution is 5.21. The van der Waals surface area contributed by atoms with Crippen molar-refractivity contribution in [3.63, 3.8) is 0 Å². The highest BCUT2D eigenvalue weighted by atomic mass is 15.0. The molecule has 2 nitrogen and oxygen atoms in total. The quantitative estimate of drug-likeness (QED) is 0.622. The summed E-state index contributed by atoms with van der Waals surface area (Å²) in [7, 11) is 0. The van der Waals surface area contributed by atoms with Crippen molar-refractivity contribution in [3.8, 4) is 6.07 Å². The summed E-state index contributed by atoms with van der Waals surface area (Å²) in [6.45, 7) is 3.22. The van der Waals surface area contributed by atoms with Gasteiger partial charge < -0.3 is 4.57 Å². The lowest BCUT2D eigenvalue weighted by Gasteiger charge is -2.04. The van der Waals surface area contributed by atoms with Gasteiger partial charge in [-0.05, 0) is 18.6 Å². The van der Waals surface area contributed by atoms with Gasteiger partial charge in [-0.25, -0.2) is 0 Å². The Kier molecular flexibility index (Phi) is 5.62. The molecule has 15 heavy (non-hydrogen) atoms. The van der Waals surface area contributed by atoms with E-state index in [0.29, 0.717) is 0 Å². The van der Waals surface area contributed by atoms with Gasteiger partial charge in [0.15, 0.2) is 0 Å². The van der Waals surface area contributed by atoms with E-state index >= 15 is 0 Å². The number of nitriles is 1. The fourth-order valence-electron chi connectivity index (χ4n) is 1.77. The maximum Gasteiger partial charge on any atom is 0.120 e. The minimum atomic E-state index is 0.781. The molecule has 0 saturated heterocycles. The lowest BCUT2D eigenvalue weighted by Crippen LogP contribution is -1.98. The largest absolute Gasteiger partial charge is 0.339 e. The molecule has 0 spiro atoms. The van der Waals surface area contributed by atoms with E-state index in [9.17, 15) is 0 Å². The molecule has 0 N–H and O–H groups in total. The van der Waals surface area contributed by atoms with Crippen LogP contribution in [0.3, 0.4) is 0 Å². The van der Waals surface area contributed by atoms with E-state index in [-0.39, 0.29) is 0 Å². The number of hydrogen-bond donors (Lipinski definition) is 0. The van der Waals surface area contributed by atoms with E-state index in [2.05, 4.69) is 13.0 Å². The normalized spacial score (nSPS) is 10.1. The van der Waals surface area contributed by atoms with Crippen molar-refractivity contribution in [2.75, 3.05) is 0 Å². The van der Waals surface area contributed by atoms with E-state index in [0.717, 1.165) is 12.2 Å². The molecular weight excluding hydrogens is 184 g/mol. The van der Waals surface area contributed by atoms with Crippen LogP contribution in [-0.2, 0) is 6.54 Å². The molecule has 0 radical (unpaired) electrons. The smallest absolute Gasteiger partial charge is 0.120 e. The number of unbranched alkanes of at least 4 members (excludes halogenated alkanes) is 5. The molecule has 0 aliphatic heterocycles. The number of aryl methyl sites for hydroxylation is 1. The Hall–Kier alpha value is -1.23. The second-order valence-electron chi connectivity index (χ2n) is 3.97. The summed E-state index contributed by atoms with van der Waals surface area (Å²) in [4.78, 5) is 0. The fraction of sp³-hybridized carbons (Fsp3) is 0.615. The highest BCUT2D eigenvalue weighted by Crippen LogP contribution is 2.08. The first-order valence-electron chi connectivity index (χ1n) is 5.93. The van der Waals surface area contributed by atoms with Crippen LogP contribution in [0.15, 0.2) is 18.3 Å². The molecule has 1 rings (SSSR count). The number of hydrogen-bond acceptors (Lipinski definition) is 1. The first-order valence-corrected chi connectivity index (χ1v) is 5.93. The van der Waals surface area contributed by atoms with Crippen molar-refractivity contribution in [2.45, 2.75) is 52.0 Å². The summed E-state index contributed by atoms with van der Waals surface area (Å²) < 4.78 is 2.04. The van der Waals surface area contributed by atoms with E-state index in [1.807, 2.05) is 22.9 Å². The van der Waals surface area contributed by atoms with Crippen molar-refractivity contribution in [1.82, 2.24) is 4.57 Å². The zero-order chi connectivity index (χ0) is 10.9. The van der Waals surface area contributed by atoms with Gasteiger partial charge in [-0.3, -0.25) is 0 Å². The molecule has 0 saturated carbocycles. The van der Waals surface area contributed by atoms with Crippen LogP contribution in [0.2, 0.25) is 0 Å². The van der Waals surface area contributed by atoms with Gasteiger partial charge in [0.25, 0.3) is 0 Å². The maximum absolute atomic E-state index is 8.81. The van der Waals surface area contributed by atoms with Gasteiger partial charge in [-0.2, -0.15) is 5.26 Å². The molecule has 0 amide bonds. The Morgan fingerprint density at radius 2 is 1.93 bits per heavy atom. The van der Waals surface area contributed by atoms with Crippen LogP contribution in [0.5, 0.6) is 0 Å². The van der Waals surface area contributed by atoms with Gasteiger partial charge in [-0.15, -0.1) is 0 Å². The Labute approximate surface area is 92.5 Å². The predicted molar refractivity (Wildman–Crippen MR) is 62.5 cm³/mol. The number of rotatable bonds is 7. The van der Waals surface area contributed by atoms with Crippen LogP contribution in [0, 0.1) is 11.3 Å². The molecule has 0 unspecified atom stereocenters. The molecule has 0 bridgehead atoms. The van der Waals surface area contributed by atoms with Gasteiger partial charge >= 0.3 is 0 Å². The van der Waals surface area contributed by atoms with Crippen LogP contribution in [-0.4, -0.2) is 4.57 Å². The molecule has 2 heteroatoms. The molecule has 0 aliphatic rings. The SMILES string of the molecule is CCCCCCCCn1cccc1C#N. The third kappa shape index (κ3) is 4.20. The maximum atomic E-state index is 8.81. The minimum absolute atomic E-state index is 0.781. The Balaban J connectivity index is 2.13. The van der Waals surface area contributed by atoms with Crippen molar-refractivity contribution >= 4 is 0 Å². The third-order valence-corrected chi connectivity index (χ3v) is 2.70. The van der Waals surface area contributed by atoms with Gasteiger partial charge in [-0.1, -0.05) is 39.0 Å². The van der Waals surface area contributed by atoms with Crippen molar-refractivity contribution in [2.24, 2.45) is 0 Å². The molecule has 82 valence electrons. The zero-order valence-electron chi connectivity index (χ0n) is 9.58. The molecular formula is C13H20N2. The Morgan fingerprint density at radius 1 is 1.20 bits per heavy atom. The van der Waals surface area contributed by atoms with Gasteiger partial charge in [0.2, 0.25) is 0 Å². The minimum Gasteiger partial charge on any atom is -0.339 e. The lowest BCUT2D eigenvalue weighted by molar-refractivity contribution is 0.557. The monoisotopic (exact) mass is 204 g/mol. The summed E-state index contributed by atoms with van der Waals surface area (Å²) >= 11 is 0. The summed E-state index contributed by atoms with van der Waals surface area (Å²) in [5, 5.41) is 8.81.